The maximum Gasteiger partial charge on any atom is 0.347 e. The Kier molecular flexibility index (Phi) is 2.76. The van der Waals surface area contributed by atoms with Crippen molar-refractivity contribution in [2.45, 2.75) is 12.6 Å². The van der Waals surface area contributed by atoms with E-state index >= 15 is 0 Å². The standard InChI is InChI=1S/C7H10N4O2/c8-5(6(9)12)4-11-3-1-2-10-7(11)13/h1-3,5H,4,8H2,(H2,9,12). The molecule has 1 amide bonds. The first-order valence-corrected chi connectivity index (χ1v) is 3.67. The van der Waals surface area contributed by atoms with E-state index < -0.39 is 17.6 Å². The van der Waals surface area contributed by atoms with E-state index in [-0.39, 0.29) is 6.54 Å². The van der Waals surface area contributed by atoms with Crippen molar-refractivity contribution in [1.29, 1.82) is 0 Å². The summed E-state index contributed by atoms with van der Waals surface area (Å²) in [5.41, 5.74) is 9.84. The second-order valence-electron chi connectivity index (χ2n) is 2.56. The largest absolute Gasteiger partial charge is 0.368 e. The minimum Gasteiger partial charge on any atom is -0.368 e. The lowest BCUT2D eigenvalue weighted by Crippen LogP contribution is -2.42. The SMILES string of the molecule is NC(=O)C(N)Cn1cccnc1=O. The topological polar surface area (TPSA) is 104 Å². The lowest BCUT2D eigenvalue weighted by atomic mass is 10.3. The Morgan fingerprint density at radius 1 is 1.69 bits per heavy atom. The molecule has 0 radical (unpaired) electrons. The summed E-state index contributed by atoms with van der Waals surface area (Å²) in [5, 5.41) is 0. The average Bonchev–Trinajstić information content (AvgIpc) is 2.08. The summed E-state index contributed by atoms with van der Waals surface area (Å²) >= 11 is 0. The Morgan fingerprint density at radius 2 is 2.38 bits per heavy atom. The van der Waals surface area contributed by atoms with E-state index in [1.807, 2.05) is 0 Å². The molecule has 1 rings (SSSR count). The fourth-order valence-corrected chi connectivity index (χ4v) is 0.828. The molecule has 1 atom stereocenters. The molecule has 0 aliphatic rings. The molecule has 1 aromatic rings. The molecule has 0 aliphatic carbocycles. The molecule has 0 aromatic carbocycles. The molecule has 0 saturated heterocycles. The van der Waals surface area contributed by atoms with Crippen LogP contribution < -0.4 is 17.2 Å². The third kappa shape index (κ3) is 2.38. The third-order valence-electron chi connectivity index (χ3n) is 1.54. The number of amides is 1. The molecule has 0 saturated carbocycles. The molecule has 0 bridgehead atoms. The summed E-state index contributed by atoms with van der Waals surface area (Å²) in [7, 11) is 0. The quantitative estimate of drug-likeness (QED) is 0.567. The molecule has 0 spiro atoms. The van der Waals surface area contributed by atoms with Crippen molar-refractivity contribution in [2.24, 2.45) is 11.5 Å². The second-order valence-corrected chi connectivity index (χ2v) is 2.56. The highest BCUT2D eigenvalue weighted by atomic mass is 16.2. The van der Waals surface area contributed by atoms with Crippen LogP contribution in [0.5, 0.6) is 0 Å². The summed E-state index contributed by atoms with van der Waals surface area (Å²) in [4.78, 5) is 25.1. The van der Waals surface area contributed by atoms with E-state index in [4.69, 9.17) is 11.5 Å². The first kappa shape index (κ1) is 9.40. The van der Waals surface area contributed by atoms with Gasteiger partial charge in [0.25, 0.3) is 0 Å². The lowest BCUT2D eigenvalue weighted by molar-refractivity contribution is -0.119. The molecule has 1 unspecified atom stereocenters. The first-order chi connectivity index (χ1) is 6.11. The Labute approximate surface area is 74.2 Å². The molecule has 1 aromatic heterocycles. The van der Waals surface area contributed by atoms with Gasteiger partial charge in [-0.15, -0.1) is 0 Å². The summed E-state index contributed by atoms with van der Waals surface area (Å²) in [6, 6.07) is 0.719. The van der Waals surface area contributed by atoms with Crippen LogP contribution in [0.4, 0.5) is 0 Å². The lowest BCUT2D eigenvalue weighted by Gasteiger charge is -2.08. The maximum absolute atomic E-state index is 11.0. The first-order valence-electron chi connectivity index (χ1n) is 3.67. The fraction of sp³-hybridized carbons (Fsp3) is 0.286. The van der Waals surface area contributed by atoms with Gasteiger partial charge < -0.3 is 11.5 Å². The summed E-state index contributed by atoms with van der Waals surface area (Å²) in [5.74, 6) is -0.643. The average molecular weight is 182 g/mol. The molecule has 1 heterocycles. The maximum atomic E-state index is 11.0. The Bertz CT molecular complexity index is 360. The van der Waals surface area contributed by atoms with Crippen LogP contribution in [0.25, 0.3) is 0 Å². The van der Waals surface area contributed by atoms with Crippen molar-refractivity contribution in [2.75, 3.05) is 0 Å². The number of carbonyl (C=O) groups is 1. The zero-order valence-corrected chi connectivity index (χ0v) is 6.88. The van der Waals surface area contributed by atoms with Gasteiger partial charge in [-0.3, -0.25) is 9.36 Å². The van der Waals surface area contributed by atoms with Gasteiger partial charge in [0.2, 0.25) is 5.91 Å². The Hall–Kier alpha value is -1.69. The van der Waals surface area contributed by atoms with Gasteiger partial charge in [0, 0.05) is 12.4 Å². The number of rotatable bonds is 3. The van der Waals surface area contributed by atoms with Crippen molar-refractivity contribution in [3.63, 3.8) is 0 Å². The highest BCUT2D eigenvalue weighted by Crippen LogP contribution is 1.84. The van der Waals surface area contributed by atoms with Gasteiger partial charge in [0.15, 0.2) is 0 Å². The van der Waals surface area contributed by atoms with E-state index in [1.165, 1.54) is 17.0 Å². The molecule has 0 aliphatic heterocycles. The van der Waals surface area contributed by atoms with E-state index in [2.05, 4.69) is 4.98 Å². The van der Waals surface area contributed by atoms with Crippen molar-refractivity contribution >= 4 is 5.91 Å². The van der Waals surface area contributed by atoms with Crippen LogP contribution in [0.15, 0.2) is 23.3 Å². The molecule has 6 heteroatoms. The Morgan fingerprint density at radius 3 is 2.92 bits per heavy atom. The normalized spacial score (nSPS) is 12.4. The minimum absolute atomic E-state index is 0.0575. The highest BCUT2D eigenvalue weighted by Gasteiger charge is 2.09. The number of primary amides is 1. The van der Waals surface area contributed by atoms with Gasteiger partial charge >= 0.3 is 5.69 Å². The smallest absolute Gasteiger partial charge is 0.347 e. The zero-order chi connectivity index (χ0) is 9.84. The highest BCUT2D eigenvalue weighted by molar-refractivity contribution is 5.79. The summed E-state index contributed by atoms with van der Waals surface area (Å²) in [6.45, 7) is 0.0575. The molecule has 13 heavy (non-hydrogen) atoms. The van der Waals surface area contributed by atoms with Crippen LogP contribution in [0.1, 0.15) is 0 Å². The van der Waals surface area contributed by atoms with Crippen LogP contribution in [0.3, 0.4) is 0 Å². The molecule has 0 fully saturated rings. The van der Waals surface area contributed by atoms with E-state index in [0.717, 1.165) is 0 Å². The Balaban J connectivity index is 2.81. The minimum atomic E-state index is -0.859. The monoisotopic (exact) mass is 182 g/mol. The second kappa shape index (κ2) is 3.81. The number of nitrogens with two attached hydrogens (primary N) is 2. The fourth-order valence-electron chi connectivity index (χ4n) is 0.828. The van der Waals surface area contributed by atoms with Crippen LogP contribution in [0, 0.1) is 0 Å². The van der Waals surface area contributed by atoms with Gasteiger partial charge in [-0.25, -0.2) is 9.78 Å². The molecule has 6 nitrogen and oxygen atoms in total. The number of carbonyl (C=O) groups excluding carboxylic acids is 1. The van der Waals surface area contributed by atoms with E-state index in [1.54, 1.807) is 6.07 Å². The van der Waals surface area contributed by atoms with Crippen molar-refractivity contribution < 1.29 is 4.79 Å². The van der Waals surface area contributed by atoms with Crippen molar-refractivity contribution in [1.82, 2.24) is 9.55 Å². The summed E-state index contributed by atoms with van der Waals surface area (Å²) < 4.78 is 1.23. The number of nitrogens with zero attached hydrogens (tertiary/aromatic N) is 2. The summed E-state index contributed by atoms with van der Waals surface area (Å²) in [6.07, 6.45) is 2.87. The zero-order valence-electron chi connectivity index (χ0n) is 6.88. The van der Waals surface area contributed by atoms with Gasteiger partial charge in [0.05, 0.1) is 6.54 Å². The molecule has 70 valence electrons. The number of hydrogen-bond acceptors (Lipinski definition) is 4. The van der Waals surface area contributed by atoms with E-state index in [0.29, 0.717) is 0 Å². The molecular weight excluding hydrogens is 172 g/mol. The van der Waals surface area contributed by atoms with Crippen LogP contribution >= 0.6 is 0 Å². The number of hydrogen-bond donors (Lipinski definition) is 2. The van der Waals surface area contributed by atoms with E-state index in [9.17, 15) is 9.59 Å². The van der Waals surface area contributed by atoms with Gasteiger partial charge in [-0.05, 0) is 6.07 Å². The van der Waals surface area contributed by atoms with Crippen LogP contribution in [-0.4, -0.2) is 21.5 Å². The molecule has 4 N–H and O–H groups in total. The van der Waals surface area contributed by atoms with Gasteiger partial charge in [-0.2, -0.15) is 0 Å². The van der Waals surface area contributed by atoms with Gasteiger partial charge in [-0.1, -0.05) is 0 Å². The predicted octanol–water partition coefficient (Wildman–Crippen LogP) is -1.94. The van der Waals surface area contributed by atoms with Crippen molar-refractivity contribution in [3.05, 3.63) is 28.9 Å². The third-order valence-corrected chi connectivity index (χ3v) is 1.54. The van der Waals surface area contributed by atoms with Crippen LogP contribution in [-0.2, 0) is 11.3 Å². The molecular formula is C7H10N4O2. The predicted molar refractivity (Wildman–Crippen MR) is 45.7 cm³/mol. The van der Waals surface area contributed by atoms with Gasteiger partial charge in [0.1, 0.15) is 6.04 Å². The number of aromatic nitrogens is 2. The van der Waals surface area contributed by atoms with Crippen LogP contribution in [0.2, 0.25) is 0 Å². The van der Waals surface area contributed by atoms with Crippen molar-refractivity contribution in [3.8, 4) is 0 Å².